The molecule has 4 nitrogen and oxygen atoms in total. The quantitative estimate of drug-likeness (QED) is 0.483. The van der Waals surface area contributed by atoms with E-state index < -0.39 is 0 Å². The van der Waals surface area contributed by atoms with Crippen LogP contribution < -0.4 is 5.32 Å². The van der Waals surface area contributed by atoms with Crippen molar-refractivity contribution >= 4 is 32.5 Å². The Kier molecular flexibility index (Phi) is 4.54. The largest absolute Gasteiger partial charge is 0.508 e. The highest BCUT2D eigenvalue weighted by atomic mass is 79.9. The Balaban J connectivity index is 1.91. The van der Waals surface area contributed by atoms with Gasteiger partial charge in [0.1, 0.15) is 11.6 Å². The summed E-state index contributed by atoms with van der Waals surface area (Å²) in [5.74, 6) is 0.890. The number of phenols is 1. The Morgan fingerprint density at radius 3 is 2.50 bits per heavy atom. The number of aromatic nitrogens is 2. The van der Waals surface area contributed by atoms with Crippen molar-refractivity contribution in [2.45, 2.75) is 6.04 Å². The normalized spacial score (nSPS) is 12.0. The van der Waals surface area contributed by atoms with Crippen molar-refractivity contribution in [2.75, 3.05) is 5.32 Å². The average molecular weight is 406 g/mol. The van der Waals surface area contributed by atoms with Gasteiger partial charge in [-0.3, -0.25) is 4.98 Å². The molecule has 0 aliphatic rings. The molecule has 26 heavy (non-hydrogen) atoms. The summed E-state index contributed by atoms with van der Waals surface area (Å²) in [7, 11) is 0. The summed E-state index contributed by atoms with van der Waals surface area (Å²) in [6, 6.07) is 19.5. The highest BCUT2D eigenvalue weighted by Gasteiger charge is 2.21. The summed E-state index contributed by atoms with van der Waals surface area (Å²) in [6.45, 7) is 0. The van der Waals surface area contributed by atoms with E-state index in [9.17, 15) is 5.11 Å². The minimum atomic E-state index is -0.272. The zero-order chi connectivity index (χ0) is 17.9. The van der Waals surface area contributed by atoms with E-state index in [-0.39, 0.29) is 11.8 Å². The van der Waals surface area contributed by atoms with Gasteiger partial charge in [-0.05, 0) is 34.5 Å². The van der Waals surface area contributed by atoms with Crippen LogP contribution in [0.15, 0.2) is 83.7 Å². The number of nitrogens with zero attached hydrogens (tertiary/aromatic N) is 2. The lowest BCUT2D eigenvalue weighted by Crippen LogP contribution is -2.14. The van der Waals surface area contributed by atoms with Crippen LogP contribution in [-0.4, -0.2) is 15.1 Å². The molecule has 0 radical (unpaired) electrons. The minimum absolute atomic E-state index is 0.244. The highest BCUT2D eigenvalue weighted by molar-refractivity contribution is 9.10. The van der Waals surface area contributed by atoms with Gasteiger partial charge in [-0.1, -0.05) is 58.4 Å². The van der Waals surface area contributed by atoms with E-state index in [0.717, 1.165) is 26.4 Å². The number of hydrogen-bond acceptors (Lipinski definition) is 4. The third-order valence-electron chi connectivity index (χ3n) is 4.30. The second kappa shape index (κ2) is 7.14. The Morgan fingerprint density at radius 1 is 0.923 bits per heavy atom. The molecule has 3 aromatic carbocycles. The number of benzene rings is 3. The SMILES string of the molecule is Oc1ccc2ccccc2c1C(Nc1cnccn1)c1ccc(Br)cc1. The van der Waals surface area contributed by atoms with Crippen LogP contribution in [0.5, 0.6) is 5.75 Å². The lowest BCUT2D eigenvalue weighted by molar-refractivity contribution is 0.468. The van der Waals surface area contributed by atoms with Crippen LogP contribution in [0.1, 0.15) is 17.2 Å². The van der Waals surface area contributed by atoms with Crippen LogP contribution in [0.3, 0.4) is 0 Å². The fourth-order valence-corrected chi connectivity index (χ4v) is 3.35. The van der Waals surface area contributed by atoms with Gasteiger partial charge in [0.2, 0.25) is 0 Å². The maximum Gasteiger partial charge on any atom is 0.145 e. The molecule has 1 aromatic heterocycles. The predicted octanol–water partition coefficient (Wildman–Crippen LogP) is 5.30. The third kappa shape index (κ3) is 3.26. The molecule has 5 heteroatoms. The molecule has 0 fully saturated rings. The molecule has 1 unspecified atom stereocenters. The lowest BCUT2D eigenvalue weighted by atomic mass is 9.92. The fourth-order valence-electron chi connectivity index (χ4n) is 3.09. The number of fused-ring (bicyclic) bond motifs is 1. The number of rotatable bonds is 4. The van der Waals surface area contributed by atoms with E-state index in [1.54, 1.807) is 24.7 Å². The first-order valence-electron chi connectivity index (χ1n) is 8.21. The molecule has 0 spiro atoms. The van der Waals surface area contributed by atoms with Crippen LogP contribution in [0.2, 0.25) is 0 Å². The van der Waals surface area contributed by atoms with Gasteiger partial charge in [0.15, 0.2) is 0 Å². The smallest absolute Gasteiger partial charge is 0.145 e. The first-order chi connectivity index (χ1) is 12.7. The van der Waals surface area contributed by atoms with Gasteiger partial charge in [0.25, 0.3) is 0 Å². The van der Waals surface area contributed by atoms with Crippen LogP contribution in [0, 0.1) is 0 Å². The highest BCUT2D eigenvalue weighted by Crippen LogP contribution is 2.37. The van der Waals surface area contributed by atoms with Gasteiger partial charge in [0, 0.05) is 22.4 Å². The molecule has 4 aromatic rings. The molecule has 4 rings (SSSR count). The zero-order valence-corrected chi connectivity index (χ0v) is 15.4. The molecule has 0 saturated carbocycles. The van der Waals surface area contributed by atoms with E-state index in [1.165, 1.54) is 0 Å². The molecular formula is C21H16BrN3O. The molecule has 128 valence electrons. The van der Waals surface area contributed by atoms with Gasteiger partial charge >= 0.3 is 0 Å². The predicted molar refractivity (Wildman–Crippen MR) is 107 cm³/mol. The first-order valence-corrected chi connectivity index (χ1v) is 9.00. The maximum absolute atomic E-state index is 10.7. The molecule has 0 saturated heterocycles. The van der Waals surface area contributed by atoms with Gasteiger partial charge in [-0.15, -0.1) is 0 Å². The van der Waals surface area contributed by atoms with Crippen molar-refractivity contribution in [2.24, 2.45) is 0 Å². The third-order valence-corrected chi connectivity index (χ3v) is 4.82. The molecule has 0 aliphatic heterocycles. The van der Waals surface area contributed by atoms with Gasteiger partial charge < -0.3 is 10.4 Å². The van der Waals surface area contributed by atoms with Crippen molar-refractivity contribution in [3.8, 4) is 5.75 Å². The van der Waals surface area contributed by atoms with Crippen molar-refractivity contribution < 1.29 is 5.11 Å². The van der Waals surface area contributed by atoms with Crippen LogP contribution in [-0.2, 0) is 0 Å². The number of anilines is 1. The summed E-state index contributed by atoms with van der Waals surface area (Å²) in [5.41, 5.74) is 1.83. The topological polar surface area (TPSA) is 58.0 Å². The van der Waals surface area contributed by atoms with Crippen LogP contribution >= 0.6 is 15.9 Å². The lowest BCUT2D eigenvalue weighted by Gasteiger charge is -2.23. The Labute approximate surface area is 159 Å². The van der Waals surface area contributed by atoms with Crippen molar-refractivity contribution in [3.05, 3.63) is 94.9 Å². The summed E-state index contributed by atoms with van der Waals surface area (Å²) < 4.78 is 1.00. The molecule has 0 bridgehead atoms. The van der Waals surface area contributed by atoms with Gasteiger partial charge in [-0.2, -0.15) is 0 Å². The standard InChI is InChI=1S/C21H16BrN3O/c22-16-8-5-15(6-9-16)21(25-19-13-23-11-12-24-19)20-17-4-2-1-3-14(17)7-10-18(20)26/h1-13,21,26H,(H,24,25). The van der Waals surface area contributed by atoms with Crippen LogP contribution in [0.25, 0.3) is 10.8 Å². The second-order valence-electron chi connectivity index (χ2n) is 5.94. The Morgan fingerprint density at radius 2 is 1.73 bits per heavy atom. The Bertz CT molecular complexity index is 1040. The van der Waals surface area contributed by atoms with Gasteiger partial charge in [-0.25, -0.2) is 4.98 Å². The van der Waals surface area contributed by atoms with Gasteiger partial charge in [0.05, 0.1) is 12.2 Å². The molecular weight excluding hydrogens is 390 g/mol. The maximum atomic E-state index is 10.7. The van der Waals surface area contributed by atoms with Crippen molar-refractivity contribution in [1.82, 2.24) is 9.97 Å². The summed E-state index contributed by atoms with van der Waals surface area (Å²) in [6.07, 6.45) is 4.95. The van der Waals surface area contributed by atoms with E-state index >= 15 is 0 Å². The number of hydrogen-bond donors (Lipinski definition) is 2. The number of nitrogens with one attached hydrogen (secondary N) is 1. The van der Waals surface area contributed by atoms with E-state index in [4.69, 9.17) is 0 Å². The van der Waals surface area contributed by atoms with Crippen molar-refractivity contribution in [3.63, 3.8) is 0 Å². The van der Waals surface area contributed by atoms with Crippen LogP contribution in [0.4, 0.5) is 5.82 Å². The molecule has 0 aliphatic carbocycles. The summed E-state index contributed by atoms with van der Waals surface area (Å²) in [5, 5.41) is 16.2. The van der Waals surface area contributed by atoms with E-state index in [2.05, 4.69) is 31.2 Å². The fraction of sp³-hybridized carbons (Fsp3) is 0.0476. The van der Waals surface area contributed by atoms with E-state index in [0.29, 0.717) is 5.82 Å². The average Bonchev–Trinajstić information content (AvgIpc) is 2.68. The molecule has 1 atom stereocenters. The number of aromatic hydroxyl groups is 1. The van der Waals surface area contributed by atoms with E-state index in [1.807, 2.05) is 54.6 Å². The number of halogens is 1. The molecule has 0 amide bonds. The first kappa shape index (κ1) is 16.5. The minimum Gasteiger partial charge on any atom is -0.508 e. The summed E-state index contributed by atoms with van der Waals surface area (Å²) >= 11 is 3.48. The molecule has 1 heterocycles. The second-order valence-corrected chi connectivity index (χ2v) is 6.85. The summed E-state index contributed by atoms with van der Waals surface area (Å²) in [4.78, 5) is 8.46. The molecule has 2 N–H and O–H groups in total. The van der Waals surface area contributed by atoms with Crippen molar-refractivity contribution in [1.29, 1.82) is 0 Å². The number of phenolic OH excluding ortho intramolecular Hbond substituents is 1. The zero-order valence-electron chi connectivity index (χ0n) is 13.8. The Hall–Kier alpha value is -2.92. The monoisotopic (exact) mass is 405 g/mol.